The first-order valence-corrected chi connectivity index (χ1v) is 4.60. The molecule has 0 bridgehead atoms. The Kier molecular flexibility index (Phi) is 4.08. The van der Waals surface area contributed by atoms with Crippen molar-refractivity contribution < 1.29 is 9.53 Å². The van der Waals surface area contributed by atoms with Crippen molar-refractivity contribution in [3.8, 4) is 0 Å². The molecule has 12 heavy (non-hydrogen) atoms. The highest BCUT2D eigenvalue weighted by Crippen LogP contribution is 2.15. The number of hydrogen-bond donors (Lipinski definition) is 1. The number of ether oxygens (including phenoxy) is 1. The molecule has 1 atom stereocenters. The first kappa shape index (κ1) is 9.52. The Morgan fingerprint density at radius 2 is 2.50 bits per heavy atom. The van der Waals surface area contributed by atoms with E-state index in [1.807, 2.05) is 0 Å². The molecule has 0 spiro atoms. The molecule has 0 saturated carbocycles. The Morgan fingerprint density at radius 3 is 3.08 bits per heavy atom. The van der Waals surface area contributed by atoms with Crippen LogP contribution in [0.5, 0.6) is 0 Å². The van der Waals surface area contributed by atoms with Gasteiger partial charge in [0.1, 0.15) is 0 Å². The van der Waals surface area contributed by atoms with Gasteiger partial charge in [-0.2, -0.15) is 0 Å². The van der Waals surface area contributed by atoms with Crippen LogP contribution in [0.3, 0.4) is 0 Å². The van der Waals surface area contributed by atoms with Crippen LogP contribution in [0.15, 0.2) is 0 Å². The Bertz CT molecular complexity index is 141. The van der Waals surface area contributed by atoms with Crippen LogP contribution in [0.2, 0.25) is 0 Å². The van der Waals surface area contributed by atoms with Gasteiger partial charge >= 0.3 is 5.97 Å². The van der Waals surface area contributed by atoms with Crippen molar-refractivity contribution in [1.82, 2.24) is 5.32 Å². The van der Waals surface area contributed by atoms with Crippen molar-refractivity contribution in [1.29, 1.82) is 0 Å². The van der Waals surface area contributed by atoms with E-state index >= 15 is 0 Å². The van der Waals surface area contributed by atoms with Crippen molar-refractivity contribution in [3.63, 3.8) is 0 Å². The van der Waals surface area contributed by atoms with Crippen LogP contribution in [0, 0.1) is 5.92 Å². The summed E-state index contributed by atoms with van der Waals surface area (Å²) < 4.78 is 4.58. The Balaban J connectivity index is 2.09. The zero-order valence-electron chi connectivity index (χ0n) is 7.64. The zero-order valence-corrected chi connectivity index (χ0v) is 7.64. The molecular formula is C9H17NO2. The van der Waals surface area contributed by atoms with Gasteiger partial charge in [-0.15, -0.1) is 0 Å². The molecule has 0 aromatic heterocycles. The molecule has 0 aliphatic carbocycles. The van der Waals surface area contributed by atoms with Gasteiger partial charge in [-0.05, 0) is 38.3 Å². The maximum atomic E-state index is 10.8. The third kappa shape index (κ3) is 3.22. The topological polar surface area (TPSA) is 38.3 Å². The molecule has 0 radical (unpaired) electrons. The molecule has 70 valence electrons. The van der Waals surface area contributed by atoms with Crippen molar-refractivity contribution in [2.75, 3.05) is 20.2 Å². The summed E-state index contributed by atoms with van der Waals surface area (Å²) in [4.78, 5) is 10.8. The van der Waals surface area contributed by atoms with Gasteiger partial charge in [0, 0.05) is 6.42 Å². The maximum absolute atomic E-state index is 10.8. The summed E-state index contributed by atoms with van der Waals surface area (Å²) in [6.07, 6.45) is 4.04. The number of carbonyl (C=O) groups is 1. The Labute approximate surface area is 73.5 Å². The molecule has 1 saturated heterocycles. The van der Waals surface area contributed by atoms with E-state index in [1.165, 1.54) is 20.0 Å². The smallest absolute Gasteiger partial charge is 0.305 e. The highest BCUT2D eigenvalue weighted by molar-refractivity contribution is 5.69. The van der Waals surface area contributed by atoms with Crippen LogP contribution in [0.4, 0.5) is 0 Å². The van der Waals surface area contributed by atoms with Crippen molar-refractivity contribution in [3.05, 3.63) is 0 Å². The summed E-state index contributed by atoms with van der Waals surface area (Å²) in [5, 5.41) is 3.32. The van der Waals surface area contributed by atoms with E-state index in [9.17, 15) is 4.79 Å². The molecule has 1 N–H and O–H groups in total. The first-order valence-electron chi connectivity index (χ1n) is 4.60. The van der Waals surface area contributed by atoms with Crippen LogP contribution in [-0.4, -0.2) is 26.2 Å². The maximum Gasteiger partial charge on any atom is 0.305 e. The lowest BCUT2D eigenvalue weighted by Crippen LogP contribution is -2.30. The van der Waals surface area contributed by atoms with Gasteiger partial charge in [0.2, 0.25) is 0 Å². The summed E-state index contributed by atoms with van der Waals surface area (Å²) >= 11 is 0. The summed E-state index contributed by atoms with van der Waals surface area (Å²) in [5.41, 5.74) is 0. The molecule has 1 rings (SSSR count). The SMILES string of the molecule is COC(=O)CC[C@@H]1CCCNC1. The second-order valence-electron chi connectivity index (χ2n) is 3.33. The Hall–Kier alpha value is -0.570. The molecule has 1 aliphatic rings. The van der Waals surface area contributed by atoms with E-state index in [0.717, 1.165) is 19.5 Å². The number of methoxy groups -OCH3 is 1. The van der Waals surface area contributed by atoms with Crippen molar-refractivity contribution >= 4 is 5.97 Å². The fraction of sp³-hybridized carbons (Fsp3) is 0.889. The average molecular weight is 171 g/mol. The third-order valence-corrected chi connectivity index (χ3v) is 2.38. The lowest BCUT2D eigenvalue weighted by molar-refractivity contribution is -0.140. The fourth-order valence-corrected chi connectivity index (χ4v) is 1.59. The lowest BCUT2D eigenvalue weighted by atomic mass is 9.95. The average Bonchev–Trinajstić information content (AvgIpc) is 2.16. The molecule has 1 aliphatic heterocycles. The van der Waals surface area contributed by atoms with E-state index in [4.69, 9.17) is 0 Å². The van der Waals surface area contributed by atoms with E-state index in [1.54, 1.807) is 0 Å². The second kappa shape index (κ2) is 5.14. The fourth-order valence-electron chi connectivity index (χ4n) is 1.59. The van der Waals surface area contributed by atoms with Gasteiger partial charge in [0.05, 0.1) is 7.11 Å². The minimum absolute atomic E-state index is 0.0828. The molecule has 3 heteroatoms. The van der Waals surface area contributed by atoms with E-state index in [0.29, 0.717) is 12.3 Å². The standard InChI is InChI=1S/C9H17NO2/c1-12-9(11)5-4-8-3-2-6-10-7-8/h8,10H,2-7H2,1H3/t8-/m0/s1. The summed E-state index contributed by atoms with van der Waals surface area (Å²) in [5.74, 6) is 0.596. The van der Waals surface area contributed by atoms with Crippen LogP contribution >= 0.6 is 0 Å². The van der Waals surface area contributed by atoms with Gasteiger partial charge in [-0.3, -0.25) is 4.79 Å². The number of rotatable bonds is 3. The highest BCUT2D eigenvalue weighted by atomic mass is 16.5. The van der Waals surface area contributed by atoms with E-state index in [-0.39, 0.29) is 5.97 Å². The molecule has 0 aromatic rings. The molecule has 1 heterocycles. The minimum Gasteiger partial charge on any atom is -0.469 e. The Morgan fingerprint density at radius 1 is 1.67 bits per heavy atom. The van der Waals surface area contributed by atoms with Crippen LogP contribution in [0.25, 0.3) is 0 Å². The predicted molar refractivity (Wildman–Crippen MR) is 46.8 cm³/mol. The molecular weight excluding hydrogens is 154 g/mol. The van der Waals surface area contributed by atoms with Crippen LogP contribution in [0.1, 0.15) is 25.7 Å². The van der Waals surface area contributed by atoms with Gasteiger partial charge in [0.25, 0.3) is 0 Å². The number of hydrogen-bond acceptors (Lipinski definition) is 3. The van der Waals surface area contributed by atoms with Crippen LogP contribution < -0.4 is 5.32 Å². The van der Waals surface area contributed by atoms with Crippen molar-refractivity contribution in [2.24, 2.45) is 5.92 Å². The normalized spacial score (nSPS) is 23.6. The second-order valence-corrected chi connectivity index (χ2v) is 3.33. The largest absolute Gasteiger partial charge is 0.469 e. The zero-order chi connectivity index (χ0) is 8.81. The lowest BCUT2D eigenvalue weighted by Gasteiger charge is -2.21. The number of carbonyl (C=O) groups excluding carboxylic acids is 1. The molecule has 0 amide bonds. The molecule has 3 nitrogen and oxygen atoms in total. The number of nitrogens with one attached hydrogen (secondary N) is 1. The van der Waals surface area contributed by atoms with Gasteiger partial charge in [-0.25, -0.2) is 0 Å². The molecule has 0 unspecified atom stereocenters. The summed E-state index contributed by atoms with van der Waals surface area (Å²) in [7, 11) is 1.45. The minimum atomic E-state index is -0.0828. The molecule has 0 aromatic carbocycles. The third-order valence-electron chi connectivity index (χ3n) is 2.38. The molecule has 1 fully saturated rings. The monoisotopic (exact) mass is 171 g/mol. The van der Waals surface area contributed by atoms with Crippen molar-refractivity contribution in [2.45, 2.75) is 25.7 Å². The van der Waals surface area contributed by atoms with Gasteiger partial charge in [0.15, 0.2) is 0 Å². The van der Waals surface area contributed by atoms with Crippen LogP contribution in [-0.2, 0) is 9.53 Å². The summed E-state index contributed by atoms with van der Waals surface area (Å²) in [6.45, 7) is 2.20. The number of esters is 1. The number of piperidine rings is 1. The first-order chi connectivity index (χ1) is 5.83. The predicted octanol–water partition coefficient (Wildman–Crippen LogP) is 0.939. The van der Waals surface area contributed by atoms with E-state index < -0.39 is 0 Å². The quantitative estimate of drug-likeness (QED) is 0.642. The van der Waals surface area contributed by atoms with E-state index in [2.05, 4.69) is 10.1 Å². The van der Waals surface area contributed by atoms with Gasteiger partial charge < -0.3 is 10.1 Å². The highest BCUT2D eigenvalue weighted by Gasteiger charge is 2.14. The van der Waals surface area contributed by atoms with Gasteiger partial charge in [-0.1, -0.05) is 0 Å². The summed E-state index contributed by atoms with van der Waals surface area (Å²) in [6, 6.07) is 0.